The van der Waals surface area contributed by atoms with E-state index in [1.54, 1.807) is 7.11 Å². The molecule has 0 radical (unpaired) electrons. The van der Waals surface area contributed by atoms with E-state index >= 15 is 0 Å². The van der Waals surface area contributed by atoms with Gasteiger partial charge in [0.1, 0.15) is 0 Å². The van der Waals surface area contributed by atoms with Crippen LogP contribution in [0, 0.1) is 5.41 Å². The molecule has 2 N–H and O–H groups in total. The summed E-state index contributed by atoms with van der Waals surface area (Å²) in [7, 11) is 1.76. The van der Waals surface area contributed by atoms with E-state index in [1.165, 1.54) is 32.1 Å². The van der Waals surface area contributed by atoms with Gasteiger partial charge < -0.3 is 15.2 Å². The van der Waals surface area contributed by atoms with Gasteiger partial charge in [-0.15, -0.1) is 0 Å². The maximum atomic E-state index is 9.58. The fraction of sp³-hybridized carbons (Fsp3) is 1.00. The van der Waals surface area contributed by atoms with E-state index in [1.807, 2.05) is 0 Å². The van der Waals surface area contributed by atoms with Crippen LogP contribution in [0.2, 0.25) is 0 Å². The number of ether oxygens (including phenoxy) is 1. The van der Waals surface area contributed by atoms with E-state index in [0.29, 0.717) is 6.61 Å². The van der Waals surface area contributed by atoms with Crippen LogP contribution in [0.25, 0.3) is 0 Å². The molecule has 0 bridgehead atoms. The van der Waals surface area contributed by atoms with Gasteiger partial charge in [-0.2, -0.15) is 0 Å². The van der Waals surface area contributed by atoms with Gasteiger partial charge in [-0.1, -0.05) is 19.3 Å². The lowest BCUT2D eigenvalue weighted by molar-refractivity contribution is 0.0140. The minimum absolute atomic E-state index is 0.0497. The van der Waals surface area contributed by atoms with Crippen LogP contribution in [-0.2, 0) is 4.74 Å². The molecule has 102 valence electrons. The van der Waals surface area contributed by atoms with Crippen molar-refractivity contribution in [1.29, 1.82) is 0 Å². The van der Waals surface area contributed by atoms with E-state index in [4.69, 9.17) is 4.74 Å². The number of rotatable bonds is 7. The highest BCUT2D eigenvalue weighted by Crippen LogP contribution is 2.35. The second kappa shape index (κ2) is 6.72. The highest BCUT2D eigenvalue weighted by Gasteiger charge is 2.30. The number of methoxy groups -OCH3 is 1. The Labute approximate surface area is 106 Å². The van der Waals surface area contributed by atoms with Crippen molar-refractivity contribution in [3.8, 4) is 0 Å². The molecule has 0 heterocycles. The monoisotopic (exact) mass is 243 g/mol. The van der Waals surface area contributed by atoms with E-state index < -0.39 is 0 Å². The molecule has 0 aromatic carbocycles. The molecule has 3 nitrogen and oxygen atoms in total. The maximum absolute atomic E-state index is 9.58. The number of aliphatic hydroxyl groups is 1. The molecule has 0 aromatic rings. The number of hydrogen-bond donors (Lipinski definition) is 2. The van der Waals surface area contributed by atoms with Crippen LogP contribution in [0.3, 0.4) is 0 Å². The Hall–Kier alpha value is -0.120. The Morgan fingerprint density at radius 2 is 1.88 bits per heavy atom. The van der Waals surface area contributed by atoms with E-state index in [-0.39, 0.29) is 11.0 Å². The third kappa shape index (κ3) is 4.94. The second-order valence-electron chi connectivity index (χ2n) is 6.11. The number of aliphatic hydroxyl groups excluding tert-OH is 1. The average molecular weight is 243 g/mol. The van der Waals surface area contributed by atoms with Crippen LogP contribution >= 0.6 is 0 Å². The van der Waals surface area contributed by atoms with E-state index in [0.717, 1.165) is 19.5 Å². The lowest BCUT2D eigenvalue weighted by Crippen LogP contribution is -2.40. The average Bonchev–Trinajstić information content (AvgIpc) is 2.36. The van der Waals surface area contributed by atoms with Crippen molar-refractivity contribution in [3.05, 3.63) is 0 Å². The third-order valence-corrected chi connectivity index (χ3v) is 4.21. The van der Waals surface area contributed by atoms with Crippen molar-refractivity contribution in [2.24, 2.45) is 5.41 Å². The summed E-state index contributed by atoms with van der Waals surface area (Å²) in [6.07, 6.45) is 7.22. The molecule has 1 aliphatic rings. The smallest absolute Gasteiger partial charge is 0.0634 e. The first-order valence-corrected chi connectivity index (χ1v) is 6.90. The second-order valence-corrected chi connectivity index (χ2v) is 6.11. The van der Waals surface area contributed by atoms with Crippen molar-refractivity contribution in [1.82, 2.24) is 5.32 Å². The minimum Gasteiger partial charge on any atom is -0.396 e. The highest BCUT2D eigenvalue weighted by molar-refractivity contribution is 4.84. The summed E-state index contributed by atoms with van der Waals surface area (Å²) in [4.78, 5) is 0. The summed E-state index contributed by atoms with van der Waals surface area (Å²) in [5.41, 5.74) is 0.0986. The Kier molecular flexibility index (Phi) is 5.90. The van der Waals surface area contributed by atoms with Gasteiger partial charge in [0.05, 0.1) is 5.60 Å². The zero-order valence-corrected chi connectivity index (χ0v) is 11.7. The summed E-state index contributed by atoms with van der Waals surface area (Å²) in [5, 5.41) is 13.1. The molecule has 0 aliphatic heterocycles. The zero-order valence-electron chi connectivity index (χ0n) is 11.7. The molecule has 1 rings (SSSR count). The summed E-state index contributed by atoms with van der Waals surface area (Å²) in [5.74, 6) is 0. The molecule has 0 aromatic heterocycles. The van der Waals surface area contributed by atoms with Crippen LogP contribution in [0.4, 0.5) is 0 Å². The van der Waals surface area contributed by atoms with Crippen molar-refractivity contribution in [2.45, 2.75) is 58.0 Å². The molecular weight excluding hydrogens is 214 g/mol. The first-order valence-electron chi connectivity index (χ1n) is 6.90. The third-order valence-electron chi connectivity index (χ3n) is 4.21. The standard InChI is InChI=1S/C14H29NO2/c1-13(2,17-3)9-10-15-11-14(12-16)7-5-4-6-8-14/h15-16H,4-12H2,1-3H3. The van der Waals surface area contributed by atoms with Crippen LogP contribution < -0.4 is 5.32 Å². The Balaban J connectivity index is 2.24. The molecule has 3 heteroatoms. The SMILES string of the molecule is COC(C)(C)CCNCC1(CO)CCCCC1. The predicted octanol–water partition coefficient (Wildman–Crippen LogP) is 2.33. The molecule has 1 aliphatic carbocycles. The molecule has 0 atom stereocenters. The Bertz CT molecular complexity index is 210. The molecular formula is C14H29NO2. The van der Waals surface area contributed by atoms with Crippen molar-refractivity contribution in [2.75, 3.05) is 26.8 Å². The van der Waals surface area contributed by atoms with Gasteiger partial charge in [0.25, 0.3) is 0 Å². The molecule has 0 amide bonds. The van der Waals surface area contributed by atoms with Gasteiger partial charge in [-0.05, 0) is 39.7 Å². The molecule has 0 saturated heterocycles. The van der Waals surface area contributed by atoms with Gasteiger partial charge in [-0.25, -0.2) is 0 Å². The van der Waals surface area contributed by atoms with Gasteiger partial charge in [0, 0.05) is 25.7 Å². The van der Waals surface area contributed by atoms with Gasteiger partial charge in [-0.3, -0.25) is 0 Å². The predicted molar refractivity (Wildman–Crippen MR) is 71.2 cm³/mol. The van der Waals surface area contributed by atoms with Crippen LogP contribution in [0.15, 0.2) is 0 Å². The van der Waals surface area contributed by atoms with Crippen LogP contribution in [-0.4, -0.2) is 37.5 Å². The molecule has 1 fully saturated rings. The zero-order chi connectivity index (χ0) is 12.8. The fourth-order valence-corrected chi connectivity index (χ4v) is 2.54. The Morgan fingerprint density at radius 1 is 1.24 bits per heavy atom. The van der Waals surface area contributed by atoms with Crippen LogP contribution in [0.5, 0.6) is 0 Å². The first kappa shape index (κ1) is 14.9. The van der Waals surface area contributed by atoms with Gasteiger partial charge in [0.15, 0.2) is 0 Å². The molecule has 0 unspecified atom stereocenters. The lowest BCUT2D eigenvalue weighted by atomic mass is 9.74. The molecule has 17 heavy (non-hydrogen) atoms. The first-order chi connectivity index (χ1) is 8.04. The van der Waals surface area contributed by atoms with Gasteiger partial charge in [0.2, 0.25) is 0 Å². The Morgan fingerprint density at radius 3 is 2.41 bits per heavy atom. The van der Waals surface area contributed by atoms with Gasteiger partial charge >= 0.3 is 0 Å². The van der Waals surface area contributed by atoms with E-state index in [9.17, 15) is 5.11 Å². The van der Waals surface area contributed by atoms with Crippen molar-refractivity contribution >= 4 is 0 Å². The van der Waals surface area contributed by atoms with E-state index in [2.05, 4.69) is 19.2 Å². The van der Waals surface area contributed by atoms with Crippen molar-refractivity contribution < 1.29 is 9.84 Å². The summed E-state index contributed by atoms with van der Waals surface area (Å²) in [6.45, 7) is 6.45. The highest BCUT2D eigenvalue weighted by atomic mass is 16.5. The topological polar surface area (TPSA) is 41.5 Å². The largest absolute Gasteiger partial charge is 0.396 e. The fourth-order valence-electron chi connectivity index (χ4n) is 2.54. The number of hydrogen-bond acceptors (Lipinski definition) is 3. The quantitative estimate of drug-likeness (QED) is 0.674. The maximum Gasteiger partial charge on any atom is 0.0634 e. The summed E-state index contributed by atoms with van der Waals surface area (Å²) in [6, 6.07) is 0. The molecule has 0 spiro atoms. The van der Waals surface area contributed by atoms with Crippen LogP contribution in [0.1, 0.15) is 52.4 Å². The summed E-state index contributed by atoms with van der Waals surface area (Å²) >= 11 is 0. The normalized spacial score (nSPS) is 20.5. The van der Waals surface area contributed by atoms with Crippen molar-refractivity contribution in [3.63, 3.8) is 0 Å². The summed E-state index contributed by atoms with van der Waals surface area (Å²) < 4.78 is 5.39. The molecule has 1 saturated carbocycles. The lowest BCUT2D eigenvalue weighted by Gasteiger charge is -2.36. The minimum atomic E-state index is -0.0497. The number of nitrogens with one attached hydrogen (secondary N) is 1.